The second-order valence-corrected chi connectivity index (χ2v) is 9.11. The number of piperazine rings is 1. The Bertz CT molecular complexity index is 1200. The average molecular weight is 485 g/mol. The Hall–Kier alpha value is -4.33. The van der Waals surface area contributed by atoms with Gasteiger partial charge in [-0.1, -0.05) is 54.6 Å². The molecule has 0 spiro atoms. The van der Waals surface area contributed by atoms with E-state index in [2.05, 4.69) is 0 Å². The van der Waals surface area contributed by atoms with Crippen LogP contribution < -0.4 is 9.80 Å². The maximum absolute atomic E-state index is 14.0. The van der Waals surface area contributed by atoms with Gasteiger partial charge < -0.3 is 14.9 Å². The Morgan fingerprint density at radius 2 is 1.25 bits per heavy atom. The predicted molar refractivity (Wildman–Crippen MR) is 137 cm³/mol. The summed E-state index contributed by atoms with van der Waals surface area (Å²) >= 11 is 0. The Morgan fingerprint density at radius 3 is 1.75 bits per heavy atom. The molecule has 2 aliphatic heterocycles. The molecule has 2 saturated heterocycles. The summed E-state index contributed by atoms with van der Waals surface area (Å²) in [5, 5.41) is 10.3. The zero-order valence-corrected chi connectivity index (χ0v) is 20.0. The van der Waals surface area contributed by atoms with E-state index in [0.29, 0.717) is 24.2 Å². The summed E-state index contributed by atoms with van der Waals surface area (Å²) < 4.78 is 0. The van der Waals surface area contributed by atoms with Crippen molar-refractivity contribution in [2.45, 2.75) is 31.0 Å². The lowest BCUT2D eigenvalue weighted by molar-refractivity contribution is -0.145. The zero-order chi connectivity index (χ0) is 25.2. The molecule has 8 nitrogen and oxygen atoms in total. The number of carbonyl (C=O) groups is 3. The van der Waals surface area contributed by atoms with Crippen LogP contribution in [-0.4, -0.2) is 64.7 Å². The van der Waals surface area contributed by atoms with Gasteiger partial charge in [-0.2, -0.15) is 0 Å². The van der Waals surface area contributed by atoms with Crippen LogP contribution in [-0.2, 0) is 4.79 Å². The third-order valence-corrected chi connectivity index (χ3v) is 7.02. The number of rotatable bonds is 4. The van der Waals surface area contributed by atoms with Gasteiger partial charge in [0.05, 0.1) is 23.5 Å². The van der Waals surface area contributed by atoms with Crippen LogP contribution >= 0.6 is 0 Å². The molecule has 0 unspecified atom stereocenters. The molecule has 0 aliphatic carbocycles. The minimum Gasteiger partial charge on any atom is -0.480 e. The summed E-state index contributed by atoms with van der Waals surface area (Å²) in [5.41, 5.74) is 2.02. The van der Waals surface area contributed by atoms with E-state index in [0.717, 1.165) is 5.69 Å². The molecule has 3 aromatic rings. The number of carboxylic acids is 1. The number of anilines is 3. The van der Waals surface area contributed by atoms with E-state index < -0.39 is 24.1 Å². The predicted octanol–water partition coefficient (Wildman–Crippen LogP) is 4.80. The number of fused-ring (bicyclic) bond motifs is 2. The normalized spacial score (nSPS) is 20.6. The molecular formula is C28H28N4O4. The first-order valence-corrected chi connectivity index (χ1v) is 12.0. The molecule has 2 bridgehead atoms. The highest BCUT2D eigenvalue weighted by Crippen LogP contribution is 2.38. The molecule has 1 N–H and O–H groups in total. The Labute approximate surface area is 210 Å². The van der Waals surface area contributed by atoms with Crippen molar-refractivity contribution < 1.29 is 19.5 Å². The van der Waals surface area contributed by atoms with E-state index in [9.17, 15) is 19.5 Å². The summed E-state index contributed by atoms with van der Waals surface area (Å²) in [6.45, 7) is 0.150. The number of aliphatic carboxylic acids is 1. The smallest absolute Gasteiger partial charge is 0.329 e. The number of hydrogen-bond donors (Lipinski definition) is 1. The van der Waals surface area contributed by atoms with E-state index in [4.69, 9.17) is 0 Å². The SMILES string of the molecule is CN(C(=O)N1[C@H]2CC[C@@H]1[C@@H](C(=O)O)N(C(=O)N(c1ccccc1)c1ccccc1)C2)c1ccccc1. The lowest BCUT2D eigenvalue weighted by Crippen LogP contribution is -2.67. The van der Waals surface area contributed by atoms with Crippen LogP contribution in [0.4, 0.5) is 26.7 Å². The summed E-state index contributed by atoms with van der Waals surface area (Å²) in [7, 11) is 1.69. The van der Waals surface area contributed by atoms with Gasteiger partial charge in [0.15, 0.2) is 6.04 Å². The van der Waals surface area contributed by atoms with Crippen molar-refractivity contribution in [2.24, 2.45) is 0 Å². The van der Waals surface area contributed by atoms with Gasteiger partial charge >= 0.3 is 18.0 Å². The lowest BCUT2D eigenvalue weighted by atomic mass is 10.0. The number of carboxylic acid groups (broad SMARTS) is 1. The fourth-order valence-corrected chi connectivity index (χ4v) is 5.33. The monoisotopic (exact) mass is 484 g/mol. The number of urea groups is 2. The number of carbonyl (C=O) groups excluding carboxylic acids is 2. The third-order valence-electron chi connectivity index (χ3n) is 7.02. The molecule has 8 heteroatoms. The summed E-state index contributed by atoms with van der Waals surface area (Å²) in [6, 6.07) is 24.9. The molecule has 4 amide bonds. The second-order valence-electron chi connectivity index (χ2n) is 9.11. The standard InChI is InChI=1S/C28H28N4O4/c1-29(20-11-5-2-6-12-20)27(35)32-23-17-18-24(32)25(26(33)34)30(19-23)28(36)31(21-13-7-3-8-14-21)22-15-9-4-10-16-22/h2-16,23-25H,17-19H2,1H3,(H,33,34)/t23-,24+,25-/m0/s1. The number of nitrogens with zero attached hydrogens (tertiary/aromatic N) is 4. The fraction of sp³-hybridized carbons (Fsp3) is 0.250. The van der Waals surface area contributed by atoms with E-state index in [-0.39, 0.29) is 18.6 Å². The molecular weight excluding hydrogens is 456 g/mol. The van der Waals surface area contributed by atoms with Crippen molar-refractivity contribution in [3.05, 3.63) is 91.0 Å². The van der Waals surface area contributed by atoms with Gasteiger partial charge in [0.25, 0.3) is 0 Å². The van der Waals surface area contributed by atoms with Gasteiger partial charge in [0.1, 0.15) is 0 Å². The highest BCUT2D eigenvalue weighted by Gasteiger charge is 2.54. The molecule has 0 saturated carbocycles. The first-order chi connectivity index (χ1) is 17.5. The third kappa shape index (κ3) is 4.15. The summed E-state index contributed by atoms with van der Waals surface area (Å²) in [6.07, 6.45) is 1.17. The summed E-state index contributed by atoms with van der Waals surface area (Å²) in [4.78, 5) is 46.3. The topological polar surface area (TPSA) is 84.4 Å². The van der Waals surface area contributed by atoms with E-state index in [1.54, 1.807) is 21.7 Å². The minimum absolute atomic E-state index is 0.150. The number of amides is 4. The van der Waals surface area contributed by atoms with Crippen LogP contribution in [0.15, 0.2) is 91.0 Å². The molecule has 5 rings (SSSR count). The van der Waals surface area contributed by atoms with Gasteiger partial charge in [-0.3, -0.25) is 9.80 Å². The second kappa shape index (κ2) is 9.73. The average Bonchev–Trinajstić information content (AvgIpc) is 3.21. The molecule has 0 aromatic heterocycles. The van der Waals surface area contributed by atoms with Crippen molar-refractivity contribution in [1.82, 2.24) is 9.80 Å². The molecule has 2 heterocycles. The largest absolute Gasteiger partial charge is 0.480 e. The highest BCUT2D eigenvalue weighted by atomic mass is 16.4. The van der Waals surface area contributed by atoms with Crippen LogP contribution in [0.1, 0.15) is 12.8 Å². The van der Waals surface area contributed by atoms with Gasteiger partial charge in [-0.05, 0) is 49.2 Å². The minimum atomic E-state index is -1.15. The molecule has 2 aliphatic rings. The van der Waals surface area contributed by atoms with Crippen LogP contribution in [0.25, 0.3) is 0 Å². The van der Waals surface area contributed by atoms with Crippen molar-refractivity contribution >= 4 is 35.1 Å². The lowest BCUT2D eigenvalue weighted by Gasteiger charge is -2.47. The van der Waals surface area contributed by atoms with Gasteiger partial charge in [0.2, 0.25) is 0 Å². The van der Waals surface area contributed by atoms with Crippen molar-refractivity contribution in [2.75, 3.05) is 23.4 Å². The number of hydrogen-bond acceptors (Lipinski definition) is 3. The Balaban J connectivity index is 1.48. The van der Waals surface area contributed by atoms with E-state index in [1.165, 1.54) is 4.90 Å². The summed E-state index contributed by atoms with van der Waals surface area (Å²) in [5.74, 6) is -1.12. The number of benzene rings is 3. The molecule has 36 heavy (non-hydrogen) atoms. The van der Waals surface area contributed by atoms with Gasteiger partial charge in [0, 0.05) is 19.3 Å². The van der Waals surface area contributed by atoms with Crippen molar-refractivity contribution in [3.63, 3.8) is 0 Å². The maximum atomic E-state index is 14.0. The molecule has 184 valence electrons. The highest BCUT2D eigenvalue weighted by molar-refractivity contribution is 6.02. The molecule has 3 aromatic carbocycles. The van der Waals surface area contributed by atoms with Crippen LogP contribution in [0.3, 0.4) is 0 Å². The zero-order valence-electron chi connectivity index (χ0n) is 20.0. The van der Waals surface area contributed by atoms with Crippen LogP contribution in [0.5, 0.6) is 0 Å². The van der Waals surface area contributed by atoms with Gasteiger partial charge in [-0.25, -0.2) is 14.4 Å². The van der Waals surface area contributed by atoms with E-state index >= 15 is 0 Å². The molecule has 3 atom stereocenters. The first-order valence-electron chi connectivity index (χ1n) is 12.0. The number of likely N-dealkylation sites (tertiary alicyclic amines) is 1. The van der Waals surface area contributed by atoms with Crippen molar-refractivity contribution in [3.8, 4) is 0 Å². The molecule has 0 radical (unpaired) electrons. The maximum Gasteiger partial charge on any atom is 0.329 e. The number of para-hydroxylation sites is 3. The molecule has 2 fully saturated rings. The Morgan fingerprint density at radius 1 is 0.750 bits per heavy atom. The van der Waals surface area contributed by atoms with Crippen LogP contribution in [0.2, 0.25) is 0 Å². The van der Waals surface area contributed by atoms with E-state index in [1.807, 2.05) is 91.0 Å². The van der Waals surface area contributed by atoms with Crippen LogP contribution in [0, 0.1) is 0 Å². The Kier molecular flexibility index (Phi) is 6.33. The van der Waals surface area contributed by atoms with Gasteiger partial charge in [-0.15, -0.1) is 0 Å². The fourth-order valence-electron chi connectivity index (χ4n) is 5.33. The first kappa shape index (κ1) is 23.4. The van der Waals surface area contributed by atoms with Crippen molar-refractivity contribution in [1.29, 1.82) is 0 Å². The quantitative estimate of drug-likeness (QED) is 0.576.